The highest BCUT2D eigenvalue weighted by Crippen LogP contribution is 2.23. The van der Waals surface area contributed by atoms with Crippen molar-refractivity contribution in [1.82, 2.24) is 0 Å². The summed E-state index contributed by atoms with van der Waals surface area (Å²) in [5.74, 6) is -0.676. The Kier molecular flexibility index (Phi) is 2.97. The van der Waals surface area contributed by atoms with Crippen molar-refractivity contribution in [1.29, 1.82) is 0 Å². The number of halogens is 3. The quantitative estimate of drug-likeness (QED) is 0.620. The molecular formula is C5H9F3O. The highest BCUT2D eigenvalue weighted by Gasteiger charge is 2.29. The Balaban J connectivity index is 3.47. The van der Waals surface area contributed by atoms with Gasteiger partial charge in [-0.05, 0) is 5.92 Å². The molecule has 1 nitrogen and oxygen atoms in total. The smallest absolute Gasteiger partial charge is 0.389 e. The summed E-state index contributed by atoms with van der Waals surface area (Å²) in [5.41, 5.74) is 0. The summed E-state index contributed by atoms with van der Waals surface area (Å²) in [6.45, 7) is 0.951. The first-order valence-electron chi connectivity index (χ1n) is 2.63. The van der Waals surface area contributed by atoms with Gasteiger partial charge in [0.1, 0.15) is 0 Å². The van der Waals surface area contributed by atoms with E-state index in [9.17, 15) is 13.2 Å². The molecule has 0 saturated carbocycles. The maximum absolute atomic E-state index is 11.4. The van der Waals surface area contributed by atoms with Crippen LogP contribution in [0.2, 0.25) is 0 Å². The maximum atomic E-state index is 11.4. The fourth-order valence-corrected chi connectivity index (χ4v) is 0.460. The molecule has 0 aliphatic rings. The van der Waals surface area contributed by atoms with Gasteiger partial charge in [0.05, 0.1) is 0 Å². The minimum atomic E-state index is -4.14. The lowest BCUT2D eigenvalue weighted by Gasteiger charge is -2.09. The van der Waals surface area contributed by atoms with Gasteiger partial charge in [-0.3, -0.25) is 0 Å². The summed E-state index contributed by atoms with van der Waals surface area (Å²) in [6, 6.07) is 0. The number of aliphatic hydroxyl groups excluding tert-OH is 1. The van der Waals surface area contributed by atoms with E-state index in [2.05, 4.69) is 0 Å². The van der Waals surface area contributed by atoms with Crippen LogP contribution in [0.1, 0.15) is 13.3 Å². The first-order chi connectivity index (χ1) is 3.95. The minimum Gasteiger partial charge on any atom is -0.396 e. The molecule has 9 heavy (non-hydrogen) atoms. The van der Waals surface area contributed by atoms with E-state index in [0.29, 0.717) is 0 Å². The van der Waals surface area contributed by atoms with E-state index >= 15 is 0 Å². The van der Waals surface area contributed by atoms with Crippen molar-refractivity contribution in [3.8, 4) is 0 Å². The molecule has 1 N–H and O–H groups in total. The number of hydrogen-bond acceptors (Lipinski definition) is 1. The summed E-state index contributed by atoms with van der Waals surface area (Å²) in [4.78, 5) is 0. The lowest BCUT2D eigenvalue weighted by atomic mass is 10.1. The van der Waals surface area contributed by atoms with Crippen molar-refractivity contribution < 1.29 is 18.3 Å². The highest BCUT2D eigenvalue weighted by molar-refractivity contribution is 4.56. The van der Waals surface area contributed by atoms with Crippen LogP contribution in [0.5, 0.6) is 0 Å². The van der Waals surface area contributed by atoms with E-state index in [0.717, 1.165) is 0 Å². The molecule has 0 aromatic heterocycles. The Morgan fingerprint density at radius 2 is 1.89 bits per heavy atom. The Hall–Kier alpha value is -0.250. The van der Waals surface area contributed by atoms with Crippen molar-refractivity contribution in [3.63, 3.8) is 0 Å². The van der Waals surface area contributed by atoms with Gasteiger partial charge in [0, 0.05) is 13.0 Å². The average molecular weight is 142 g/mol. The van der Waals surface area contributed by atoms with Crippen LogP contribution in [0.3, 0.4) is 0 Å². The van der Waals surface area contributed by atoms with Gasteiger partial charge in [-0.2, -0.15) is 13.2 Å². The Morgan fingerprint density at radius 1 is 1.44 bits per heavy atom. The van der Waals surface area contributed by atoms with Crippen LogP contribution >= 0.6 is 0 Å². The van der Waals surface area contributed by atoms with Gasteiger partial charge in [-0.1, -0.05) is 6.92 Å². The van der Waals surface area contributed by atoms with Crippen LogP contribution < -0.4 is 0 Å². The molecule has 4 heteroatoms. The second-order valence-electron chi connectivity index (χ2n) is 2.11. The van der Waals surface area contributed by atoms with Gasteiger partial charge in [0.2, 0.25) is 0 Å². The normalized spacial score (nSPS) is 15.7. The van der Waals surface area contributed by atoms with Crippen LogP contribution in [0.15, 0.2) is 0 Å². The summed E-state index contributed by atoms with van der Waals surface area (Å²) in [5, 5.41) is 8.20. The minimum absolute atomic E-state index is 0.403. The molecule has 0 amide bonds. The second-order valence-corrected chi connectivity index (χ2v) is 2.11. The predicted molar refractivity (Wildman–Crippen MR) is 26.9 cm³/mol. The Morgan fingerprint density at radius 3 is 2.00 bits per heavy atom. The van der Waals surface area contributed by atoms with Crippen molar-refractivity contribution in [2.75, 3.05) is 6.61 Å². The molecule has 0 radical (unpaired) electrons. The molecular weight excluding hydrogens is 133 g/mol. The molecule has 0 unspecified atom stereocenters. The van der Waals surface area contributed by atoms with Crippen LogP contribution in [0, 0.1) is 5.92 Å². The molecule has 1 atom stereocenters. The fraction of sp³-hybridized carbons (Fsp3) is 1.00. The molecule has 0 aromatic rings. The van der Waals surface area contributed by atoms with Gasteiger partial charge >= 0.3 is 6.18 Å². The third kappa shape index (κ3) is 5.62. The van der Waals surface area contributed by atoms with Crippen molar-refractivity contribution in [2.24, 2.45) is 5.92 Å². The average Bonchev–Trinajstić information content (AvgIpc) is 1.62. The molecule has 0 rings (SSSR count). The summed E-state index contributed by atoms with van der Waals surface area (Å²) >= 11 is 0. The molecule has 0 spiro atoms. The summed E-state index contributed by atoms with van der Waals surface area (Å²) in [6.07, 6.45) is -5.04. The molecule has 0 aliphatic heterocycles. The topological polar surface area (TPSA) is 20.2 Å². The third-order valence-electron chi connectivity index (χ3n) is 0.892. The predicted octanol–water partition coefficient (Wildman–Crippen LogP) is 1.57. The van der Waals surface area contributed by atoms with E-state index in [1.54, 1.807) is 0 Å². The van der Waals surface area contributed by atoms with Gasteiger partial charge < -0.3 is 5.11 Å². The van der Waals surface area contributed by atoms with E-state index < -0.39 is 25.1 Å². The van der Waals surface area contributed by atoms with Crippen molar-refractivity contribution >= 4 is 0 Å². The fourth-order valence-electron chi connectivity index (χ4n) is 0.460. The zero-order valence-electron chi connectivity index (χ0n) is 5.07. The Bertz CT molecular complexity index is 78.8. The number of hydrogen-bond donors (Lipinski definition) is 1. The van der Waals surface area contributed by atoms with E-state index in [4.69, 9.17) is 5.11 Å². The molecule has 0 aromatic carbocycles. The molecule has 56 valence electrons. The van der Waals surface area contributed by atoms with E-state index in [-0.39, 0.29) is 0 Å². The van der Waals surface area contributed by atoms with E-state index in [1.165, 1.54) is 6.92 Å². The molecule has 0 fully saturated rings. The van der Waals surface area contributed by atoms with Gasteiger partial charge in [-0.25, -0.2) is 0 Å². The summed E-state index contributed by atoms with van der Waals surface area (Å²) in [7, 11) is 0. The van der Waals surface area contributed by atoms with Gasteiger partial charge in [0.15, 0.2) is 0 Å². The van der Waals surface area contributed by atoms with Crippen LogP contribution in [-0.2, 0) is 0 Å². The van der Waals surface area contributed by atoms with Gasteiger partial charge in [0.25, 0.3) is 0 Å². The zero-order valence-corrected chi connectivity index (χ0v) is 5.07. The van der Waals surface area contributed by atoms with Crippen LogP contribution in [0.25, 0.3) is 0 Å². The highest BCUT2D eigenvalue weighted by atomic mass is 19.4. The summed E-state index contributed by atoms with van der Waals surface area (Å²) < 4.78 is 34.1. The number of alkyl halides is 3. The molecule has 0 aliphatic carbocycles. The third-order valence-corrected chi connectivity index (χ3v) is 0.892. The SMILES string of the molecule is C[C@H](CO)CC(F)(F)F. The monoisotopic (exact) mass is 142 g/mol. The van der Waals surface area contributed by atoms with Crippen LogP contribution in [0.4, 0.5) is 13.2 Å². The van der Waals surface area contributed by atoms with Gasteiger partial charge in [-0.15, -0.1) is 0 Å². The largest absolute Gasteiger partial charge is 0.396 e. The standard InChI is InChI=1S/C5H9F3O/c1-4(3-9)2-5(6,7)8/h4,9H,2-3H2,1H3/t4-/m0/s1. The molecule has 0 heterocycles. The van der Waals surface area contributed by atoms with Crippen LogP contribution in [-0.4, -0.2) is 17.9 Å². The molecule has 0 saturated heterocycles. The lowest BCUT2D eigenvalue weighted by Crippen LogP contribution is -2.15. The second kappa shape index (κ2) is 3.06. The number of rotatable bonds is 2. The maximum Gasteiger partial charge on any atom is 0.389 e. The number of aliphatic hydroxyl groups is 1. The Labute approximate surface area is 51.5 Å². The van der Waals surface area contributed by atoms with Crippen molar-refractivity contribution in [3.05, 3.63) is 0 Å². The first-order valence-corrected chi connectivity index (χ1v) is 2.63. The zero-order chi connectivity index (χ0) is 7.49. The van der Waals surface area contributed by atoms with E-state index in [1.807, 2.05) is 0 Å². The first kappa shape index (κ1) is 8.75. The molecule has 0 bridgehead atoms. The van der Waals surface area contributed by atoms with Crippen molar-refractivity contribution in [2.45, 2.75) is 19.5 Å². The lowest BCUT2D eigenvalue weighted by molar-refractivity contribution is -0.145.